The van der Waals surface area contributed by atoms with Crippen LogP contribution < -0.4 is 10.6 Å². The highest BCUT2D eigenvalue weighted by Gasteiger charge is 2.47. The first kappa shape index (κ1) is 25.1. The molecule has 192 valence electrons. The Bertz CT molecular complexity index is 1430. The van der Waals surface area contributed by atoms with Gasteiger partial charge in [0.2, 0.25) is 5.91 Å². The summed E-state index contributed by atoms with van der Waals surface area (Å²) < 4.78 is 19.1. The van der Waals surface area contributed by atoms with Crippen molar-refractivity contribution in [3.05, 3.63) is 118 Å². The fraction of sp³-hybridized carbons (Fsp3) is 0.143. The highest BCUT2D eigenvalue weighted by atomic mass is 32.1. The molecule has 1 aliphatic heterocycles. The van der Waals surface area contributed by atoms with E-state index >= 15 is 0 Å². The Morgan fingerprint density at radius 2 is 1.87 bits per heavy atom. The van der Waals surface area contributed by atoms with E-state index in [1.807, 2.05) is 11.4 Å². The number of carbonyl (C=O) groups is 3. The monoisotopic (exact) mass is 530 g/mol. The third-order valence-corrected chi connectivity index (χ3v) is 6.88. The lowest BCUT2D eigenvalue weighted by Crippen LogP contribution is -2.46. The first-order valence-electron chi connectivity index (χ1n) is 11.8. The van der Waals surface area contributed by atoms with Crippen LogP contribution in [0, 0.1) is 5.82 Å². The zero-order chi connectivity index (χ0) is 26.5. The lowest BCUT2D eigenvalue weighted by molar-refractivity contribution is -0.126. The van der Waals surface area contributed by atoms with Gasteiger partial charge in [-0.1, -0.05) is 36.4 Å². The molecule has 1 saturated heterocycles. The predicted octanol–water partition coefficient (Wildman–Crippen LogP) is 4.91. The van der Waals surface area contributed by atoms with E-state index in [9.17, 15) is 18.8 Å². The van der Waals surface area contributed by atoms with Gasteiger partial charge in [-0.25, -0.2) is 9.18 Å². The number of carbonyl (C=O) groups excluding carboxylic acids is 3. The first-order valence-corrected chi connectivity index (χ1v) is 12.7. The molecule has 2 N–H and O–H groups in total. The highest BCUT2D eigenvalue weighted by molar-refractivity contribution is 7.12. The maximum absolute atomic E-state index is 13.5. The topological polar surface area (TPSA) is 101 Å². The second-order valence-corrected chi connectivity index (χ2v) is 9.55. The fourth-order valence-electron chi connectivity index (χ4n) is 4.18. The first-order chi connectivity index (χ1) is 18.5. The summed E-state index contributed by atoms with van der Waals surface area (Å²) in [5.74, 6) is -1.09. The Morgan fingerprint density at radius 1 is 1.03 bits per heavy atom. The maximum Gasteiger partial charge on any atom is 0.411 e. The average molecular weight is 531 g/mol. The molecule has 0 radical (unpaired) electrons. The van der Waals surface area contributed by atoms with Gasteiger partial charge in [0.1, 0.15) is 5.82 Å². The van der Waals surface area contributed by atoms with Crippen LogP contribution in [-0.2, 0) is 22.6 Å². The summed E-state index contributed by atoms with van der Waals surface area (Å²) in [6.45, 7) is 0.213. The number of pyridine rings is 1. The van der Waals surface area contributed by atoms with Gasteiger partial charge in [0, 0.05) is 11.9 Å². The standard InChI is InChI=1S/C28H23FN4O4S/c29-20-11-9-18(10-12-20)17-33-24(27(35)31-16-22-6-1-2-13-30-22)25(37-28(33)36)19-5-3-7-21(15-19)32-26(34)23-8-4-14-38-23/h1-15,24-25H,16-17H2,(H,31,35)(H,32,34)/t24-,25+/m0/s1. The Hall–Kier alpha value is -4.57. The minimum atomic E-state index is -1.01. The zero-order valence-corrected chi connectivity index (χ0v) is 20.9. The number of cyclic esters (lactones) is 1. The third-order valence-electron chi connectivity index (χ3n) is 6.01. The normalized spacial score (nSPS) is 16.7. The molecule has 0 aliphatic carbocycles. The predicted molar refractivity (Wildman–Crippen MR) is 140 cm³/mol. The number of ether oxygens (including phenoxy) is 1. The van der Waals surface area contributed by atoms with E-state index in [2.05, 4.69) is 15.6 Å². The highest BCUT2D eigenvalue weighted by Crippen LogP contribution is 2.35. The van der Waals surface area contributed by atoms with Gasteiger partial charge in [-0.05, 0) is 59.0 Å². The van der Waals surface area contributed by atoms with E-state index in [0.717, 1.165) is 0 Å². The van der Waals surface area contributed by atoms with Gasteiger partial charge in [-0.3, -0.25) is 19.5 Å². The molecule has 8 nitrogen and oxygen atoms in total. The number of halogens is 1. The van der Waals surface area contributed by atoms with Gasteiger partial charge in [-0.2, -0.15) is 0 Å². The SMILES string of the molecule is O=C(Nc1cccc([C@H]2OC(=O)N(Cc3ccc(F)cc3)[C@@H]2C(=O)NCc2ccccn2)c1)c1cccs1. The van der Waals surface area contributed by atoms with Crippen molar-refractivity contribution in [2.45, 2.75) is 25.2 Å². The number of anilines is 1. The van der Waals surface area contributed by atoms with Crippen LogP contribution in [0.5, 0.6) is 0 Å². The maximum atomic E-state index is 13.5. The lowest BCUT2D eigenvalue weighted by atomic mass is 10.00. The molecule has 10 heteroatoms. The van der Waals surface area contributed by atoms with Crippen LogP contribution >= 0.6 is 11.3 Å². The molecule has 3 amide bonds. The minimum Gasteiger partial charge on any atom is -0.438 e. The smallest absolute Gasteiger partial charge is 0.411 e. The fourth-order valence-corrected chi connectivity index (χ4v) is 4.79. The van der Waals surface area contributed by atoms with Crippen LogP contribution in [0.1, 0.15) is 32.6 Å². The third kappa shape index (κ3) is 5.70. The molecule has 38 heavy (non-hydrogen) atoms. The lowest BCUT2D eigenvalue weighted by Gasteiger charge is -2.24. The molecule has 0 bridgehead atoms. The van der Waals surface area contributed by atoms with E-state index in [-0.39, 0.29) is 19.0 Å². The van der Waals surface area contributed by atoms with Gasteiger partial charge >= 0.3 is 6.09 Å². The summed E-state index contributed by atoms with van der Waals surface area (Å²) in [5.41, 5.74) is 2.35. The van der Waals surface area contributed by atoms with Crippen molar-refractivity contribution in [2.75, 3.05) is 5.32 Å². The molecule has 0 saturated carbocycles. The molecule has 2 aromatic carbocycles. The van der Waals surface area contributed by atoms with Gasteiger partial charge in [0.05, 0.1) is 23.7 Å². The van der Waals surface area contributed by atoms with Crippen molar-refractivity contribution in [3.8, 4) is 0 Å². The molecule has 2 aromatic heterocycles. The molecule has 3 heterocycles. The second kappa shape index (κ2) is 11.2. The minimum absolute atomic E-state index is 0.0477. The molecule has 0 unspecified atom stereocenters. The van der Waals surface area contributed by atoms with E-state index < -0.39 is 30.0 Å². The number of thiophene rings is 1. The summed E-state index contributed by atoms with van der Waals surface area (Å²) >= 11 is 1.32. The van der Waals surface area contributed by atoms with E-state index in [4.69, 9.17) is 4.74 Å². The Morgan fingerprint density at radius 3 is 2.61 bits per heavy atom. The van der Waals surface area contributed by atoms with Crippen molar-refractivity contribution in [2.24, 2.45) is 0 Å². The number of amides is 3. The number of nitrogens with one attached hydrogen (secondary N) is 2. The molecule has 4 aromatic rings. The Labute approximate surface area is 222 Å². The summed E-state index contributed by atoms with van der Waals surface area (Å²) in [4.78, 5) is 45.1. The van der Waals surface area contributed by atoms with Crippen molar-refractivity contribution < 1.29 is 23.5 Å². The molecular formula is C28H23FN4O4S. The molecular weight excluding hydrogens is 507 g/mol. The quantitative estimate of drug-likeness (QED) is 0.337. The average Bonchev–Trinajstić information content (AvgIpc) is 3.58. The number of hydrogen-bond acceptors (Lipinski definition) is 6. The summed E-state index contributed by atoms with van der Waals surface area (Å²) in [5, 5.41) is 7.50. The van der Waals surface area contributed by atoms with Crippen LogP contribution in [0.2, 0.25) is 0 Å². The molecule has 2 atom stereocenters. The van der Waals surface area contributed by atoms with E-state index in [1.165, 1.54) is 28.4 Å². The molecule has 1 fully saturated rings. The number of nitrogens with zero attached hydrogens (tertiary/aromatic N) is 2. The van der Waals surface area contributed by atoms with Gasteiger partial charge in [0.25, 0.3) is 5.91 Å². The van der Waals surface area contributed by atoms with Crippen LogP contribution in [-0.4, -0.2) is 33.8 Å². The number of benzene rings is 2. The summed E-state index contributed by atoms with van der Waals surface area (Å²) in [6, 6.07) is 20.4. The van der Waals surface area contributed by atoms with Gasteiger partial charge in [-0.15, -0.1) is 11.3 Å². The summed E-state index contributed by atoms with van der Waals surface area (Å²) in [6.07, 6.45) is 0.0131. The number of hydrogen-bond donors (Lipinski definition) is 2. The summed E-state index contributed by atoms with van der Waals surface area (Å²) in [7, 11) is 0. The van der Waals surface area contributed by atoms with Crippen LogP contribution in [0.3, 0.4) is 0 Å². The zero-order valence-electron chi connectivity index (χ0n) is 20.0. The van der Waals surface area contributed by atoms with Crippen LogP contribution in [0.25, 0.3) is 0 Å². The van der Waals surface area contributed by atoms with Crippen molar-refractivity contribution in [1.82, 2.24) is 15.2 Å². The van der Waals surface area contributed by atoms with Crippen molar-refractivity contribution in [3.63, 3.8) is 0 Å². The Kier molecular flexibility index (Phi) is 7.41. The second-order valence-electron chi connectivity index (χ2n) is 8.60. The molecule has 1 aliphatic rings. The van der Waals surface area contributed by atoms with E-state index in [0.29, 0.717) is 27.4 Å². The van der Waals surface area contributed by atoms with Crippen LogP contribution in [0.4, 0.5) is 14.9 Å². The van der Waals surface area contributed by atoms with Gasteiger partial charge < -0.3 is 15.4 Å². The van der Waals surface area contributed by atoms with Crippen LogP contribution in [0.15, 0.2) is 90.4 Å². The van der Waals surface area contributed by atoms with Crippen molar-refractivity contribution in [1.29, 1.82) is 0 Å². The Balaban J connectivity index is 1.41. The van der Waals surface area contributed by atoms with Crippen molar-refractivity contribution >= 4 is 34.9 Å². The number of rotatable bonds is 8. The van der Waals surface area contributed by atoms with Gasteiger partial charge in [0.15, 0.2) is 12.1 Å². The molecule has 0 spiro atoms. The van der Waals surface area contributed by atoms with E-state index in [1.54, 1.807) is 66.9 Å². The number of aromatic nitrogens is 1. The largest absolute Gasteiger partial charge is 0.438 e. The molecule has 5 rings (SSSR count).